The number of aliphatic hydroxyl groups excluding tert-OH is 1. The van der Waals surface area contributed by atoms with Crippen molar-refractivity contribution in [3.63, 3.8) is 0 Å². The Morgan fingerprint density at radius 2 is 1.85 bits per heavy atom. The Labute approximate surface area is 272 Å². The van der Waals surface area contributed by atoms with E-state index in [1.807, 2.05) is 13.8 Å². The molecule has 12 nitrogen and oxygen atoms in total. The van der Waals surface area contributed by atoms with E-state index >= 15 is 0 Å². The molecule has 0 aromatic heterocycles. The summed E-state index contributed by atoms with van der Waals surface area (Å²) in [6, 6.07) is 1.34. The zero-order valence-corrected chi connectivity index (χ0v) is 27.9. The van der Waals surface area contributed by atoms with Gasteiger partial charge in [0.1, 0.15) is 17.6 Å². The number of hydrogen-bond donors (Lipinski definition) is 6. The Morgan fingerprint density at radius 3 is 2.48 bits per heavy atom. The highest BCUT2D eigenvalue weighted by Crippen LogP contribution is 2.42. The van der Waals surface area contributed by atoms with E-state index in [2.05, 4.69) is 15.5 Å². The number of ether oxygens (including phenoxy) is 3. The van der Waals surface area contributed by atoms with Crippen LogP contribution in [0, 0.1) is 11.8 Å². The van der Waals surface area contributed by atoms with Crippen LogP contribution in [-0.4, -0.2) is 97.0 Å². The van der Waals surface area contributed by atoms with Gasteiger partial charge in [-0.15, -0.1) is 0 Å². The summed E-state index contributed by atoms with van der Waals surface area (Å²) in [5.41, 5.74) is 7.25. The van der Waals surface area contributed by atoms with Gasteiger partial charge in [0.05, 0.1) is 23.6 Å². The van der Waals surface area contributed by atoms with Crippen LogP contribution in [-0.2, 0) is 25.4 Å². The Morgan fingerprint density at radius 1 is 1.15 bits per heavy atom. The van der Waals surface area contributed by atoms with Gasteiger partial charge in [-0.25, -0.2) is 4.79 Å². The van der Waals surface area contributed by atoms with Crippen molar-refractivity contribution in [2.75, 3.05) is 51.0 Å². The number of fused-ring (bicyclic) bond motifs is 2. The van der Waals surface area contributed by atoms with Crippen LogP contribution in [0.3, 0.4) is 0 Å². The number of anilines is 2. The molecule has 1 unspecified atom stereocenters. The molecule has 46 heavy (non-hydrogen) atoms. The van der Waals surface area contributed by atoms with Gasteiger partial charge in [0, 0.05) is 50.4 Å². The minimum Gasteiger partial charge on any atom is -0.506 e. The molecule has 1 fully saturated rings. The highest BCUT2D eigenvalue weighted by Gasteiger charge is 2.30. The molecule has 0 aliphatic carbocycles. The molecule has 1 aromatic carbocycles. The number of amides is 2. The largest absolute Gasteiger partial charge is 0.506 e. The lowest BCUT2D eigenvalue weighted by atomic mass is 9.87. The predicted octanol–water partition coefficient (Wildman–Crippen LogP) is 4.07. The first-order chi connectivity index (χ1) is 21.9. The van der Waals surface area contributed by atoms with E-state index in [9.17, 15) is 24.9 Å². The lowest BCUT2D eigenvalue weighted by Gasteiger charge is -2.29. The van der Waals surface area contributed by atoms with Crippen molar-refractivity contribution in [1.82, 2.24) is 4.90 Å². The van der Waals surface area contributed by atoms with E-state index in [0.29, 0.717) is 41.8 Å². The third-order valence-corrected chi connectivity index (χ3v) is 8.76. The number of aliphatic hydroxyl groups is 1. The minimum absolute atomic E-state index is 0.0749. The number of hydrogen-bond acceptors (Lipinski definition) is 10. The second-order valence-corrected chi connectivity index (χ2v) is 12.4. The molecule has 6 atom stereocenters. The van der Waals surface area contributed by atoms with E-state index < -0.39 is 42.3 Å². The summed E-state index contributed by atoms with van der Waals surface area (Å²) < 4.78 is 16.7. The predicted molar refractivity (Wildman–Crippen MR) is 178 cm³/mol. The molecule has 0 saturated carbocycles. The molecular weight excluding hydrogens is 592 g/mol. The number of aromatic hydroxyl groups is 2. The number of methoxy groups -OCH3 is 2. The number of nitrogens with zero attached hydrogens (tertiary/aromatic N) is 1. The first-order valence-electron chi connectivity index (χ1n) is 15.9. The molecular formula is C34H52N4O8. The number of allylic oxidation sites excluding steroid dienone is 2. The molecule has 2 aliphatic rings. The lowest BCUT2D eigenvalue weighted by molar-refractivity contribution is -0.112. The van der Waals surface area contributed by atoms with Crippen LogP contribution in [0.2, 0.25) is 0 Å². The molecule has 7 N–H and O–H groups in total. The number of benzene rings is 1. The van der Waals surface area contributed by atoms with E-state index in [4.69, 9.17) is 19.9 Å². The lowest BCUT2D eigenvalue weighted by Crippen LogP contribution is -2.37. The van der Waals surface area contributed by atoms with E-state index in [1.54, 1.807) is 38.2 Å². The van der Waals surface area contributed by atoms with Crippen LogP contribution >= 0.6 is 0 Å². The van der Waals surface area contributed by atoms with Crippen LogP contribution in [0.5, 0.6) is 11.5 Å². The molecule has 12 heteroatoms. The van der Waals surface area contributed by atoms with Gasteiger partial charge in [-0.05, 0) is 64.1 Å². The quantitative estimate of drug-likeness (QED) is 0.144. The van der Waals surface area contributed by atoms with Gasteiger partial charge in [-0.3, -0.25) is 4.79 Å². The fourth-order valence-corrected chi connectivity index (χ4v) is 6.15. The maximum Gasteiger partial charge on any atom is 0.405 e. The number of carbonyl (C=O) groups excluding carboxylic acids is 2. The molecule has 3 rings (SSSR count). The summed E-state index contributed by atoms with van der Waals surface area (Å²) in [4.78, 5) is 27.3. The third-order valence-electron chi connectivity index (χ3n) is 8.76. The fourth-order valence-electron chi connectivity index (χ4n) is 6.15. The molecule has 1 aromatic rings. The van der Waals surface area contributed by atoms with E-state index in [-0.39, 0.29) is 23.1 Å². The van der Waals surface area contributed by atoms with Gasteiger partial charge in [0.25, 0.3) is 5.91 Å². The first kappa shape index (κ1) is 36.9. The number of primary amides is 1. The monoisotopic (exact) mass is 644 g/mol. The zero-order valence-electron chi connectivity index (χ0n) is 27.9. The van der Waals surface area contributed by atoms with Crippen LogP contribution in [0.4, 0.5) is 16.2 Å². The van der Waals surface area contributed by atoms with Crippen molar-refractivity contribution in [2.24, 2.45) is 17.6 Å². The standard InChI is InChI=1S/C34H52N4O8/c1-20-16-24-29(36-12-15-38-13-7-8-14-38)26(39)19-25(31(24)41)37-33(42)21(2)10-9-11-27(44-5)32(46-34(35)43)23(4)18-22(3)30(40)28(17-20)45-6/h9-11,18-20,22,27-28,30,32,36,39-41H,7-8,12-17H2,1-6H3,(H2,35,43)(H,37,42)/b11-9-,21-10+,23-18+/t20-,22+,27?,28+,30-,32+/m1/s1. The topological polar surface area (TPSA) is 176 Å². The van der Waals surface area contributed by atoms with Crippen molar-refractivity contribution in [3.8, 4) is 11.5 Å². The molecule has 2 bridgehead atoms. The van der Waals surface area contributed by atoms with Crippen molar-refractivity contribution < 1.29 is 39.1 Å². The average molecular weight is 645 g/mol. The number of rotatable bonds is 7. The summed E-state index contributed by atoms with van der Waals surface area (Å²) >= 11 is 0. The molecule has 0 radical (unpaired) electrons. The number of likely N-dealkylation sites (tertiary alicyclic amines) is 1. The molecule has 2 amide bonds. The van der Waals surface area contributed by atoms with Gasteiger partial charge >= 0.3 is 6.09 Å². The maximum absolute atomic E-state index is 13.2. The second-order valence-electron chi connectivity index (χ2n) is 12.4. The van der Waals surface area contributed by atoms with Crippen LogP contribution in [0.1, 0.15) is 52.5 Å². The number of carbonyl (C=O) groups is 2. The van der Waals surface area contributed by atoms with Crippen molar-refractivity contribution >= 4 is 23.4 Å². The smallest absolute Gasteiger partial charge is 0.405 e. The highest BCUT2D eigenvalue weighted by molar-refractivity contribution is 6.04. The summed E-state index contributed by atoms with van der Waals surface area (Å²) in [7, 11) is 2.99. The fraction of sp³-hybridized carbons (Fsp3) is 0.588. The number of phenols is 2. The number of nitrogens with one attached hydrogen (secondary N) is 2. The first-order valence-corrected chi connectivity index (χ1v) is 15.9. The second kappa shape index (κ2) is 17.4. The summed E-state index contributed by atoms with van der Waals surface area (Å²) in [5.74, 6) is -1.26. The minimum atomic E-state index is -0.982. The molecule has 1 saturated heterocycles. The molecule has 2 heterocycles. The number of phenolic OH excluding ortho intramolecular Hbond substituents is 2. The van der Waals surface area contributed by atoms with Crippen molar-refractivity contribution in [3.05, 3.63) is 47.1 Å². The Balaban J connectivity index is 2.04. The van der Waals surface area contributed by atoms with Crippen molar-refractivity contribution in [1.29, 1.82) is 0 Å². The maximum atomic E-state index is 13.2. The Bertz CT molecular complexity index is 1290. The SMILES string of the molecule is COC1/C=C\C=C(/C)C(=O)Nc2cc(O)c(NCCN3CCCC3)c(c2O)C[C@@H](C)C[C@H](OC)[C@H](O)[C@@H](C)/C=C(\C)[C@@H]1OC(N)=O. The van der Waals surface area contributed by atoms with Gasteiger partial charge < -0.3 is 50.8 Å². The third kappa shape index (κ3) is 9.96. The Hall–Kier alpha value is -3.58. The van der Waals surface area contributed by atoms with Gasteiger partial charge in [-0.2, -0.15) is 0 Å². The normalized spacial score (nSPS) is 30.0. The van der Waals surface area contributed by atoms with Gasteiger partial charge in [0.2, 0.25) is 0 Å². The average Bonchev–Trinajstić information content (AvgIpc) is 3.53. The van der Waals surface area contributed by atoms with Crippen LogP contribution < -0.4 is 16.4 Å². The van der Waals surface area contributed by atoms with E-state index in [1.165, 1.54) is 33.1 Å². The summed E-state index contributed by atoms with van der Waals surface area (Å²) in [6.45, 7) is 10.6. The van der Waals surface area contributed by atoms with E-state index in [0.717, 1.165) is 19.6 Å². The molecule has 256 valence electrons. The molecule has 2 aliphatic heterocycles. The zero-order chi connectivity index (χ0) is 34.0. The Kier molecular flexibility index (Phi) is 13.9. The van der Waals surface area contributed by atoms with Gasteiger partial charge in [-0.1, -0.05) is 38.2 Å². The van der Waals surface area contributed by atoms with Gasteiger partial charge in [0.15, 0.2) is 6.10 Å². The summed E-state index contributed by atoms with van der Waals surface area (Å²) in [6.07, 6.45) is 5.52. The van der Waals surface area contributed by atoms with Crippen molar-refractivity contribution in [2.45, 2.75) is 77.8 Å². The number of nitrogens with two attached hydrogens (primary N) is 1. The van der Waals surface area contributed by atoms with Crippen LogP contribution in [0.25, 0.3) is 0 Å². The highest BCUT2D eigenvalue weighted by atomic mass is 16.6. The van der Waals surface area contributed by atoms with Crippen LogP contribution in [0.15, 0.2) is 41.5 Å². The summed E-state index contributed by atoms with van der Waals surface area (Å²) in [5, 5.41) is 40.0. The molecule has 0 spiro atoms.